The number of hydrogen-bond donors (Lipinski definition) is 2. The van der Waals surface area contributed by atoms with Gasteiger partial charge in [0.15, 0.2) is 5.78 Å². The van der Waals surface area contributed by atoms with E-state index >= 15 is 0 Å². The highest BCUT2D eigenvalue weighted by Crippen LogP contribution is 2.26. The molecule has 7 heteroatoms. The number of nitrogens with two attached hydrogens (primary N) is 1. The monoisotopic (exact) mass is 450 g/mol. The molecule has 3 rings (SSSR count). The number of rotatable bonds is 10. The lowest BCUT2D eigenvalue weighted by Gasteiger charge is -2.29. The van der Waals surface area contributed by atoms with Gasteiger partial charge in [0.1, 0.15) is 12.6 Å². The molecule has 0 aliphatic heterocycles. The fourth-order valence-electron chi connectivity index (χ4n) is 4.20. The molecule has 1 aliphatic rings. The Labute approximate surface area is 193 Å². The summed E-state index contributed by atoms with van der Waals surface area (Å²) in [4.78, 5) is 49.7. The second-order valence-electron chi connectivity index (χ2n) is 8.42. The van der Waals surface area contributed by atoms with Gasteiger partial charge in [-0.1, -0.05) is 67.1 Å². The highest BCUT2D eigenvalue weighted by Gasteiger charge is 2.32. The van der Waals surface area contributed by atoms with Gasteiger partial charge in [-0.25, -0.2) is 0 Å². The van der Waals surface area contributed by atoms with Gasteiger partial charge in [-0.2, -0.15) is 0 Å². The zero-order valence-electron chi connectivity index (χ0n) is 18.6. The maximum atomic E-state index is 12.9. The molecule has 2 aromatic carbocycles. The number of nitrogens with one attached hydrogen (secondary N) is 1. The largest absolute Gasteiger partial charge is 0.460 e. The van der Waals surface area contributed by atoms with E-state index in [9.17, 15) is 19.2 Å². The quantitative estimate of drug-likeness (QED) is 0.427. The molecular formula is C26H30N2O5. The molecule has 0 unspecified atom stereocenters. The maximum absolute atomic E-state index is 12.9. The Morgan fingerprint density at radius 1 is 0.939 bits per heavy atom. The molecule has 0 bridgehead atoms. The SMILES string of the molecule is NC(=O)[C@H]1CCCC[C@@H]1OC(=O)CNC(=O)[C@@H](CC(=O)c1ccccc1)Cc1ccccc1. The molecule has 2 amide bonds. The van der Waals surface area contributed by atoms with Crippen molar-refractivity contribution in [3.8, 4) is 0 Å². The van der Waals surface area contributed by atoms with Crippen LogP contribution in [0, 0.1) is 11.8 Å². The topological polar surface area (TPSA) is 116 Å². The fourth-order valence-corrected chi connectivity index (χ4v) is 4.20. The van der Waals surface area contributed by atoms with Gasteiger partial charge in [-0.15, -0.1) is 0 Å². The predicted molar refractivity (Wildman–Crippen MR) is 123 cm³/mol. The Balaban J connectivity index is 1.61. The molecule has 0 spiro atoms. The summed E-state index contributed by atoms with van der Waals surface area (Å²) < 4.78 is 5.44. The normalized spacial score (nSPS) is 18.7. The third-order valence-electron chi connectivity index (χ3n) is 5.98. The number of esters is 1. The van der Waals surface area contributed by atoms with Crippen LogP contribution < -0.4 is 11.1 Å². The summed E-state index contributed by atoms with van der Waals surface area (Å²) in [6.45, 7) is -0.328. The molecule has 3 atom stereocenters. The Morgan fingerprint density at radius 2 is 1.58 bits per heavy atom. The van der Waals surface area contributed by atoms with Gasteiger partial charge in [0, 0.05) is 17.9 Å². The number of ketones is 1. The van der Waals surface area contributed by atoms with E-state index in [1.54, 1.807) is 24.3 Å². The molecule has 174 valence electrons. The summed E-state index contributed by atoms with van der Waals surface area (Å²) in [6.07, 6.45) is 2.74. The van der Waals surface area contributed by atoms with Crippen molar-refractivity contribution < 1.29 is 23.9 Å². The summed E-state index contributed by atoms with van der Waals surface area (Å²) in [5.74, 6) is -2.75. The van der Waals surface area contributed by atoms with E-state index in [1.807, 2.05) is 36.4 Å². The Kier molecular flexibility index (Phi) is 8.75. The first-order valence-electron chi connectivity index (χ1n) is 11.3. The minimum atomic E-state index is -0.638. The molecule has 0 aromatic heterocycles. The van der Waals surface area contributed by atoms with Crippen LogP contribution in [0.15, 0.2) is 60.7 Å². The molecule has 1 aliphatic carbocycles. The van der Waals surface area contributed by atoms with Gasteiger partial charge in [-0.3, -0.25) is 19.2 Å². The van der Waals surface area contributed by atoms with Crippen LogP contribution in [-0.4, -0.2) is 36.2 Å². The molecule has 2 aromatic rings. The minimum Gasteiger partial charge on any atom is -0.460 e. The smallest absolute Gasteiger partial charge is 0.325 e. The van der Waals surface area contributed by atoms with E-state index in [0.29, 0.717) is 24.8 Å². The molecule has 1 saturated carbocycles. The van der Waals surface area contributed by atoms with Crippen molar-refractivity contribution in [1.82, 2.24) is 5.32 Å². The van der Waals surface area contributed by atoms with Crippen molar-refractivity contribution in [1.29, 1.82) is 0 Å². The number of carbonyl (C=O) groups excluding carboxylic acids is 4. The molecule has 3 N–H and O–H groups in total. The van der Waals surface area contributed by atoms with Crippen LogP contribution in [0.5, 0.6) is 0 Å². The number of carbonyl (C=O) groups is 4. The first-order chi connectivity index (χ1) is 15.9. The van der Waals surface area contributed by atoms with Crippen LogP contribution in [0.4, 0.5) is 0 Å². The average Bonchev–Trinajstić information content (AvgIpc) is 2.83. The highest BCUT2D eigenvalue weighted by atomic mass is 16.5. The third-order valence-corrected chi connectivity index (χ3v) is 5.98. The van der Waals surface area contributed by atoms with Crippen LogP contribution in [0.3, 0.4) is 0 Å². The van der Waals surface area contributed by atoms with Gasteiger partial charge in [0.05, 0.1) is 5.92 Å². The number of hydrogen-bond acceptors (Lipinski definition) is 5. The lowest BCUT2D eigenvalue weighted by atomic mass is 9.86. The highest BCUT2D eigenvalue weighted by molar-refractivity contribution is 5.98. The summed E-state index contributed by atoms with van der Waals surface area (Å²) in [6, 6.07) is 18.2. The molecular weight excluding hydrogens is 420 g/mol. The van der Waals surface area contributed by atoms with Crippen molar-refractivity contribution in [2.75, 3.05) is 6.54 Å². The van der Waals surface area contributed by atoms with E-state index < -0.39 is 35.7 Å². The summed E-state index contributed by atoms with van der Waals surface area (Å²) in [5.41, 5.74) is 6.89. The number of Topliss-reactive ketones (excluding diaryl/α,β-unsaturated/α-hetero) is 1. The Bertz CT molecular complexity index is 961. The van der Waals surface area contributed by atoms with Crippen molar-refractivity contribution in [2.45, 2.75) is 44.6 Å². The first-order valence-corrected chi connectivity index (χ1v) is 11.3. The van der Waals surface area contributed by atoms with Crippen LogP contribution in [0.2, 0.25) is 0 Å². The zero-order chi connectivity index (χ0) is 23.6. The molecule has 33 heavy (non-hydrogen) atoms. The van der Waals surface area contributed by atoms with Crippen LogP contribution in [0.25, 0.3) is 0 Å². The van der Waals surface area contributed by atoms with Crippen LogP contribution in [0.1, 0.15) is 48.0 Å². The maximum Gasteiger partial charge on any atom is 0.325 e. The van der Waals surface area contributed by atoms with Crippen LogP contribution >= 0.6 is 0 Å². The van der Waals surface area contributed by atoms with E-state index in [4.69, 9.17) is 10.5 Å². The Hall–Kier alpha value is -3.48. The number of amides is 2. The van der Waals surface area contributed by atoms with E-state index in [1.165, 1.54) is 0 Å². The summed E-state index contributed by atoms with van der Waals surface area (Å²) in [5, 5.41) is 2.61. The van der Waals surface area contributed by atoms with Crippen molar-refractivity contribution >= 4 is 23.6 Å². The van der Waals surface area contributed by atoms with Gasteiger partial charge >= 0.3 is 5.97 Å². The number of benzene rings is 2. The second-order valence-corrected chi connectivity index (χ2v) is 8.42. The fraction of sp³-hybridized carbons (Fsp3) is 0.385. The molecule has 1 fully saturated rings. The van der Waals surface area contributed by atoms with E-state index in [2.05, 4.69) is 5.32 Å². The summed E-state index contributed by atoms with van der Waals surface area (Å²) >= 11 is 0. The minimum absolute atomic E-state index is 0.0200. The molecule has 7 nitrogen and oxygen atoms in total. The number of primary amides is 1. The van der Waals surface area contributed by atoms with E-state index in [0.717, 1.165) is 18.4 Å². The predicted octanol–water partition coefficient (Wildman–Crippen LogP) is 2.82. The lowest BCUT2D eigenvalue weighted by molar-refractivity contribution is -0.155. The summed E-state index contributed by atoms with van der Waals surface area (Å²) in [7, 11) is 0. The van der Waals surface area contributed by atoms with Crippen LogP contribution in [-0.2, 0) is 25.5 Å². The van der Waals surface area contributed by atoms with Crippen molar-refractivity contribution in [3.63, 3.8) is 0 Å². The van der Waals surface area contributed by atoms with Gasteiger partial charge in [-0.05, 0) is 31.2 Å². The second kappa shape index (κ2) is 11.9. The average molecular weight is 451 g/mol. The zero-order valence-corrected chi connectivity index (χ0v) is 18.6. The number of ether oxygens (including phenoxy) is 1. The lowest BCUT2D eigenvalue weighted by Crippen LogP contribution is -2.42. The molecule has 0 heterocycles. The molecule has 0 radical (unpaired) electrons. The van der Waals surface area contributed by atoms with Crippen molar-refractivity contribution in [3.05, 3.63) is 71.8 Å². The standard InChI is InChI=1S/C26H30N2O5/c27-25(31)21-13-7-8-14-23(21)33-24(30)17-28-26(32)20(15-18-9-3-1-4-10-18)16-22(29)19-11-5-2-6-12-19/h1-6,9-12,20-21,23H,7-8,13-17H2,(H2,27,31)(H,28,32)/t20-,21+,23+/m1/s1. The third kappa shape index (κ3) is 7.27. The molecule has 0 saturated heterocycles. The Morgan fingerprint density at radius 3 is 2.24 bits per heavy atom. The van der Waals surface area contributed by atoms with E-state index in [-0.39, 0.29) is 18.7 Å². The van der Waals surface area contributed by atoms with Gasteiger partial charge < -0.3 is 15.8 Å². The first kappa shape index (κ1) is 24.2. The van der Waals surface area contributed by atoms with Crippen molar-refractivity contribution in [2.24, 2.45) is 17.6 Å². The van der Waals surface area contributed by atoms with Gasteiger partial charge in [0.2, 0.25) is 11.8 Å². The van der Waals surface area contributed by atoms with Gasteiger partial charge in [0.25, 0.3) is 0 Å².